The Morgan fingerprint density at radius 1 is 1.05 bits per heavy atom. The summed E-state index contributed by atoms with van der Waals surface area (Å²) < 4.78 is 4.72. The summed E-state index contributed by atoms with van der Waals surface area (Å²) in [4.78, 5) is 11.4. The monoisotopic (exact) mass is 312 g/mol. The van der Waals surface area contributed by atoms with Crippen molar-refractivity contribution in [2.24, 2.45) is 0 Å². The molecule has 7 nitrogen and oxygen atoms in total. The van der Waals surface area contributed by atoms with Gasteiger partial charge < -0.3 is 30.3 Å². The smallest absolute Gasteiger partial charge is 0.330 e. The van der Waals surface area contributed by atoms with Crippen molar-refractivity contribution in [3.05, 3.63) is 42.0 Å². The Kier molecular flexibility index (Phi) is 7.72. The highest BCUT2D eigenvalue weighted by Gasteiger charge is 2.30. The Bertz CT molecular complexity index is 474. The van der Waals surface area contributed by atoms with E-state index in [1.807, 2.05) is 6.07 Å². The van der Waals surface area contributed by atoms with E-state index in [1.165, 1.54) is 6.08 Å². The Morgan fingerprint density at radius 3 is 2.23 bits per heavy atom. The predicted octanol–water partition coefficient (Wildman–Crippen LogP) is -1.32. The van der Waals surface area contributed by atoms with Crippen LogP contribution >= 0.6 is 0 Å². The first kappa shape index (κ1) is 18.3. The zero-order valence-corrected chi connectivity index (χ0v) is 11.8. The number of carbonyl (C=O) groups is 1. The van der Waals surface area contributed by atoms with Crippen LogP contribution in [0, 0.1) is 0 Å². The molecule has 122 valence electrons. The maximum atomic E-state index is 11.4. The maximum Gasteiger partial charge on any atom is 0.330 e. The van der Waals surface area contributed by atoms with Crippen LogP contribution in [0.2, 0.25) is 0 Å². The maximum absolute atomic E-state index is 11.4. The quantitative estimate of drug-likeness (QED) is 0.297. The molecule has 0 aromatic heterocycles. The summed E-state index contributed by atoms with van der Waals surface area (Å²) in [7, 11) is 0. The van der Waals surface area contributed by atoms with Crippen molar-refractivity contribution in [2.75, 3.05) is 13.2 Å². The summed E-state index contributed by atoms with van der Waals surface area (Å²) in [6.07, 6.45) is -4.02. The lowest BCUT2D eigenvalue weighted by molar-refractivity contribution is -0.151. The molecule has 0 aliphatic heterocycles. The average Bonchev–Trinajstić information content (AvgIpc) is 2.56. The van der Waals surface area contributed by atoms with E-state index in [0.717, 1.165) is 11.6 Å². The Hall–Kier alpha value is -1.77. The topological polar surface area (TPSA) is 127 Å². The normalized spacial score (nSPS) is 17.0. The summed E-state index contributed by atoms with van der Waals surface area (Å²) in [5.41, 5.74) is 0.793. The third-order valence-electron chi connectivity index (χ3n) is 2.93. The standard InChI is InChI=1S/C15H20O7/c16-8-11(17)14(20)15(21)12(18)9-22-13(19)7-6-10-4-2-1-3-5-10/h1-7,11-12,14-18,20-21H,8-9H2/b7-6+/t11-,12-,14-,15-/m0/s1. The molecule has 0 amide bonds. The predicted molar refractivity (Wildman–Crippen MR) is 77.5 cm³/mol. The Labute approximate surface area is 127 Å². The molecule has 22 heavy (non-hydrogen) atoms. The first-order chi connectivity index (χ1) is 10.5. The molecular weight excluding hydrogens is 292 g/mol. The minimum atomic E-state index is -1.76. The molecule has 7 heteroatoms. The van der Waals surface area contributed by atoms with Crippen LogP contribution in [0.3, 0.4) is 0 Å². The average molecular weight is 312 g/mol. The van der Waals surface area contributed by atoms with Gasteiger partial charge in [-0.1, -0.05) is 30.3 Å². The van der Waals surface area contributed by atoms with Crippen molar-refractivity contribution in [1.29, 1.82) is 0 Å². The molecule has 0 bridgehead atoms. The number of aliphatic hydroxyl groups is 5. The molecule has 0 heterocycles. The highest BCUT2D eigenvalue weighted by molar-refractivity contribution is 5.87. The molecule has 1 aromatic rings. The third-order valence-corrected chi connectivity index (χ3v) is 2.93. The molecule has 1 rings (SSSR count). The third kappa shape index (κ3) is 5.92. The van der Waals surface area contributed by atoms with Crippen molar-refractivity contribution >= 4 is 12.0 Å². The second-order valence-corrected chi connectivity index (χ2v) is 4.67. The molecule has 0 saturated carbocycles. The number of hydrogen-bond donors (Lipinski definition) is 5. The molecule has 1 aromatic carbocycles. The molecule has 0 saturated heterocycles. The van der Waals surface area contributed by atoms with Gasteiger partial charge in [0.05, 0.1) is 6.61 Å². The van der Waals surface area contributed by atoms with Crippen LogP contribution in [0.25, 0.3) is 6.08 Å². The van der Waals surface area contributed by atoms with E-state index in [-0.39, 0.29) is 0 Å². The van der Waals surface area contributed by atoms with Gasteiger partial charge >= 0.3 is 5.97 Å². The van der Waals surface area contributed by atoms with Crippen molar-refractivity contribution < 1.29 is 35.1 Å². The Morgan fingerprint density at radius 2 is 1.64 bits per heavy atom. The van der Waals surface area contributed by atoms with E-state index in [9.17, 15) is 20.1 Å². The highest BCUT2D eigenvalue weighted by atomic mass is 16.5. The molecule has 0 aliphatic carbocycles. The zero-order chi connectivity index (χ0) is 16.5. The zero-order valence-electron chi connectivity index (χ0n) is 11.8. The van der Waals surface area contributed by atoms with Crippen LogP contribution in [0.15, 0.2) is 36.4 Å². The summed E-state index contributed by atoms with van der Waals surface area (Å²) >= 11 is 0. The van der Waals surface area contributed by atoms with Gasteiger partial charge in [0.25, 0.3) is 0 Å². The molecular formula is C15H20O7. The SMILES string of the molecule is O=C(/C=C/c1ccccc1)OC[C@H](O)[C@H](O)[C@@H](O)[C@@H](O)CO. The first-order valence-corrected chi connectivity index (χ1v) is 6.68. The van der Waals surface area contributed by atoms with E-state index < -0.39 is 43.6 Å². The van der Waals surface area contributed by atoms with E-state index in [4.69, 9.17) is 14.9 Å². The van der Waals surface area contributed by atoms with Crippen LogP contribution in [-0.2, 0) is 9.53 Å². The van der Waals surface area contributed by atoms with Crippen LogP contribution < -0.4 is 0 Å². The largest absolute Gasteiger partial charge is 0.460 e. The lowest BCUT2D eigenvalue weighted by Crippen LogP contribution is -2.47. The van der Waals surface area contributed by atoms with Crippen LogP contribution in [-0.4, -0.2) is 69.1 Å². The molecule has 0 fully saturated rings. The fourth-order valence-corrected chi connectivity index (χ4v) is 1.61. The number of benzene rings is 1. The van der Waals surface area contributed by atoms with Crippen molar-refractivity contribution in [1.82, 2.24) is 0 Å². The van der Waals surface area contributed by atoms with Gasteiger partial charge in [0.1, 0.15) is 31.0 Å². The number of ether oxygens (including phenoxy) is 1. The lowest BCUT2D eigenvalue weighted by Gasteiger charge is -2.25. The van der Waals surface area contributed by atoms with Crippen molar-refractivity contribution in [2.45, 2.75) is 24.4 Å². The molecule has 0 radical (unpaired) electrons. The van der Waals surface area contributed by atoms with Gasteiger partial charge in [0, 0.05) is 6.08 Å². The fraction of sp³-hybridized carbons (Fsp3) is 0.400. The van der Waals surface area contributed by atoms with Gasteiger partial charge in [-0.15, -0.1) is 0 Å². The van der Waals surface area contributed by atoms with Gasteiger partial charge in [-0.25, -0.2) is 4.79 Å². The number of aliphatic hydroxyl groups excluding tert-OH is 5. The van der Waals surface area contributed by atoms with Gasteiger partial charge in [0.15, 0.2) is 0 Å². The first-order valence-electron chi connectivity index (χ1n) is 6.68. The van der Waals surface area contributed by atoms with Crippen molar-refractivity contribution in [3.8, 4) is 0 Å². The van der Waals surface area contributed by atoms with Gasteiger partial charge in [-0.2, -0.15) is 0 Å². The molecule has 5 N–H and O–H groups in total. The molecule has 0 spiro atoms. The van der Waals surface area contributed by atoms with Gasteiger partial charge in [-0.05, 0) is 11.6 Å². The number of hydrogen-bond acceptors (Lipinski definition) is 7. The number of rotatable bonds is 8. The van der Waals surface area contributed by atoms with E-state index in [1.54, 1.807) is 24.3 Å². The van der Waals surface area contributed by atoms with Crippen LogP contribution in [0.4, 0.5) is 0 Å². The second-order valence-electron chi connectivity index (χ2n) is 4.67. The minimum absolute atomic E-state index is 0.561. The second kappa shape index (κ2) is 9.29. The lowest BCUT2D eigenvalue weighted by atomic mass is 10.0. The summed E-state index contributed by atoms with van der Waals surface area (Å²) in [5, 5.41) is 46.3. The molecule has 0 aliphatic rings. The number of carbonyl (C=O) groups excluding carboxylic acids is 1. The van der Waals surface area contributed by atoms with Crippen LogP contribution in [0.5, 0.6) is 0 Å². The summed E-state index contributed by atoms with van der Waals surface area (Å²) in [5.74, 6) is -0.729. The van der Waals surface area contributed by atoms with Gasteiger partial charge in [-0.3, -0.25) is 0 Å². The van der Waals surface area contributed by atoms with E-state index in [2.05, 4.69) is 0 Å². The van der Waals surface area contributed by atoms with E-state index >= 15 is 0 Å². The number of esters is 1. The summed E-state index contributed by atoms with van der Waals surface area (Å²) in [6.45, 7) is -1.33. The minimum Gasteiger partial charge on any atom is -0.460 e. The highest BCUT2D eigenvalue weighted by Crippen LogP contribution is 2.06. The van der Waals surface area contributed by atoms with E-state index in [0.29, 0.717) is 0 Å². The fourth-order valence-electron chi connectivity index (χ4n) is 1.61. The molecule has 4 atom stereocenters. The summed E-state index contributed by atoms with van der Waals surface area (Å²) in [6, 6.07) is 9.02. The van der Waals surface area contributed by atoms with Gasteiger partial charge in [0.2, 0.25) is 0 Å². The van der Waals surface area contributed by atoms with Crippen LogP contribution in [0.1, 0.15) is 5.56 Å². The Balaban J connectivity index is 2.41. The molecule has 0 unspecified atom stereocenters. The van der Waals surface area contributed by atoms with Crippen molar-refractivity contribution in [3.63, 3.8) is 0 Å².